The third kappa shape index (κ3) is 2.45. The van der Waals surface area contributed by atoms with Crippen LogP contribution in [0.2, 0.25) is 5.02 Å². The number of aromatic nitrogens is 2. The number of rotatable bonds is 3. The second-order valence-corrected chi connectivity index (χ2v) is 4.58. The first-order valence-electron chi connectivity index (χ1n) is 5.79. The predicted molar refractivity (Wildman–Crippen MR) is 74.9 cm³/mol. The van der Waals surface area contributed by atoms with E-state index in [2.05, 4.69) is 0 Å². The molecule has 1 heterocycles. The molecule has 2 aromatic rings. The minimum absolute atomic E-state index is 0.0609. The van der Waals surface area contributed by atoms with E-state index in [4.69, 9.17) is 27.9 Å². The molecular weight excluding hydrogens is 337 g/mol. The van der Waals surface area contributed by atoms with Gasteiger partial charge in [0.15, 0.2) is 11.4 Å². The van der Waals surface area contributed by atoms with Gasteiger partial charge in [0.05, 0.1) is 22.1 Å². The van der Waals surface area contributed by atoms with E-state index < -0.39 is 29.3 Å². The van der Waals surface area contributed by atoms with Crippen LogP contribution in [-0.2, 0) is 0 Å². The second kappa shape index (κ2) is 5.94. The van der Waals surface area contributed by atoms with Crippen molar-refractivity contribution in [2.45, 2.75) is 6.55 Å². The SMILES string of the molecule is N#Cc1c(C#N)n(C(F)F)c(=O)n1-c1cc(N)c(Cl)cc1NF. The standard InChI is InChI=1S/C12H6ClF3N6O/c13-5-1-7(20-16)8(2-6(5)19)21-9(3-17)10(4-18)22(11(14)15)12(21)23/h1-2,11,20H,19H2. The van der Waals surface area contributed by atoms with Gasteiger partial charge in [0.1, 0.15) is 12.1 Å². The average Bonchev–Trinajstić information content (AvgIpc) is 2.81. The minimum Gasteiger partial charge on any atom is -0.397 e. The number of anilines is 2. The topological polar surface area (TPSA) is 113 Å². The fraction of sp³-hybridized carbons (Fsp3) is 0.0833. The van der Waals surface area contributed by atoms with Gasteiger partial charge in [-0.05, 0) is 12.1 Å². The first-order valence-corrected chi connectivity index (χ1v) is 6.16. The van der Waals surface area contributed by atoms with Crippen molar-refractivity contribution < 1.29 is 13.3 Å². The van der Waals surface area contributed by atoms with E-state index in [-0.39, 0.29) is 21.0 Å². The lowest BCUT2D eigenvalue weighted by Crippen LogP contribution is -2.25. The molecule has 7 nitrogen and oxygen atoms in total. The third-order valence-corrected chi connectivity index (χ3v) is 3.28. The summed E-state index contributed by atoms with van der Waals surface area (Å²) in [5.41, 5.74) is 3.04. The number of nitrogen functional groups attached to an aromatic ring is 1. The van der Waals surface area contributed by atoms with E-state index in [0.717, 1.165) is 12.1 Å². The molecule has 11 heteroatoms. The molecule has 0 aliphatic carbocycles. The maximum Gasteiger partial charge on any atom is 0.339 e. The van der Waals surface area contributed by atoms with Gasteiger partial charge in [0.2, 0.25) is 0 Å². The first kappa shape index (κ1) is 16.3. The number of nitriles is 2. The van der Waals surface area contributed by atoms with Gasteiger partial charge in [-0.15, -0.1) is 4.48 Å². The lowest BCUT2D eigenvalue weighted by molar-refractivity contribution is 0.0654. The minimum atomic E-state index is -3.36. The molecule has 0 saturated carbocycles. The Hall–Kier alpha value is -3.11. The van der Waals surface area contributed by atoms with Gasteiger partial charge in [0, 0.05) is 0 Å². The highest BCUT2D eigenvalue weighted by atomic mass is 35.5. The zero-order valence-corrected chi connectivity index (χ0v) is 11.8. The third-order valence-electron chi connectivity index (χ3n) is 2.95. The van der Waals surface area contributed by atoms with Crippen molar-refractivity contribution in [1.29, 1.82) is 10.5 Å². The van der Waals surface area contributed by atoms with Crippen LogP contribution in [0.1, 0.15) is 17.9 Å². The van der Waals surface area contributed by atoms with E-state index in [1.54, 1.807) is 0 Å². The molecule has 1 aromatic heterocycles. The molecule has 1 aromatic carbocycles. The molecule has 0 aliphatic heterocycles. The summed E-state index contributed by atoms with van der Waals surface area (Å²) in [4.78, 5) is 12.2. The molecule has 3 N–H and O–H groups in total. The van der Waals surface area contributed by atoms with Crippen LogP contribution in [0.15, 0.2) is 16.9 Å². The summed E-state index contributed by atoms with van der Waals surface area (Å²) >= 11 is 5.72. The molecule has 0 atom stereocenters. The summed E-state index contributed by atoms with van der Waals surface area (Å²) in [5.74, 6) is 0. The summed E-state index contributed by atoms with van der Waals surface area (Å²) in [6.07, 6.45) is 0. The highest BCUT2D eigenvalue weighted by Crippen LogP contribution is 2.31. The van der Waals surface area contributed by atoms with Crippen LogP contribution in [0.4, 0.5) is 24.6 Å². The van der Waals surface area contributed by atoms with Crippen LogP contribution in [-0.4, -0.2) is 9.13 Å². The number of benzene rings is 1. The Balaban J connectivity index is 2.97. The van der Waals surface area contributed by atoms with Crippen molar-refractivity contribution >= 4 is 23.0 Å². The molecule has 23 heavy (non-hydrogen) atoms. The maximum atomic E-state index is 13.0. The number of nitrogens with two attached hydrogens (primary N) is 1. The summed E-state index contributed by atoms with van der Waals surface area (Å²) in [6, 6.07) is 4.86. The molecule has 0 spiro atoms. The van der Waals surface area contributed by atoms with Gasteiger partial charge in [-0.25, -0.2) is 19.5 Å². The lowest BCUT2D eigenvalue weighted by Gasteiger charge is -2.10. The van der Waals surface area contributed by atoms with Crippen LogP contribution in [0.5, 0.6) is 0 Å². The quantitative estimate of drug-likeness (QED) is 0.656. The van der Waals surface area contributed by atoms with Crippen LogP contribution in [0, 0.1) is 22.7 Å². The van der Waals surface area contributed by atoms with Gasteiger partial charge >= 0.3 is 12.2 Å². The van der Waals surface area contributed by atoms with Crippen LogP contribution in [0.3, 0.4) is 0 Å². The molecule has 118 valence electrons. The monoisotopic (exact) mass is 342 g/mol. The van der Waals surface area contributed by atoms with Crippen molar-refractivity contribution in [3.63, 3.8) is 0 Å². The molecule has 0 bridgehead atoms. The number of nitrogens with one attached hydrogen (secondary N) is 1. The molecule has 0 aliphatic rings. The van der Waals surface area contributed by atoms with Crippen LogP contribution >= 0.6 is 11.6 Å². The zero-order valence-electron chi connectivity index (χ0n) is 11.0. The summed E-state index contributed by atoms with van der Waals surface area (Å²) in [7, 11) is 0. The summed E-state index contributed by atoms with van der Waals surface area (Å²) in [5, 5.41) is 18.0. The van der Waals surface area contributed by atoms with Crippen molar-refractivity contribution in [2.75, 3.05) is 11.3 Å². The van der Waals surface area contributed by atoms with Gasteiger partial charge < -0.3 is 5.73 Å². The molecule has 2 rings (SSSR count). The van der Waals surface area contributed by atoms with E-state index in [0.29, 0.717) is 4.57 Å². The van der Waals surface area contributed by atoms with E-state index in [1.807, 2.05) is 0 Å². The Labute approximate surface area is 131 Å². The normalized spacial score (nSPS) is 10.4. The van der Waals surface area contributed by atoms with Gasteiger partial charge in [0.25, 0.3) is 0 Å². The van der Waals surface area contributed by atoms with Crippen molar-refractivity contribution in [1.82, 2.24) is 9.13 Å². The fourth-order valence-corrected chi connectivity index (χ4v) is 2.14. The molecule has 0 fully saturated rings. The Kier molecular flexibility index (Phi) is 4.20. The predicted octanol–water partition coefficient (Wildman–Crippen LogP) is 2.31. The van der Waals surface area contributed by atoms with Gasteiger partial charge in [-0.3, -0.25) is 0 Å². The Morgan fingerprint density at radius 3 is 2.35 bits per heavy atom. The largest absolute Gasteiger partial charge is 0.397 e. The Bertz CT molecular complexity index is 921. The van der Waals surface area contributed by atoms with Crippen molar-refractivity contribution in [3.05, 3.63) is 39.0 Å². The summed E-state index contributed by atoms with van der Waals surface area (Å²) < 4.78 is 39.2. The van der Waals surface area contributed by atoms with Gasteiger partial charge in [-0.2, -0.15) is 19.3 Å². The Morgan fingerprint density at radius 2 is 1.87 bits per heavy atom. The first-order chi connectivity index (χ1) is 10.9. The maximum absolute atomic E-state index is 13.0. The van der Waals surface area contributed by atoms with E-state index in [1.165, 1.54) is 17.7 Å². The zero-order chi connectivity index (χ0) is 17.3. The number of hydrogen-bond acceptors (Lipinski definition) is 5. The number of hydrogen-bond donors (Lipinski definition) is 2. The molecule has 0 saturated heterocycles. The molecule has 0 amide bonds. The summed E-state index contributed by atoms with van der Waals surface area (Å²) in [6.45, 7) is -3.36. The van der Waals surface area contributed by atoms with Crippen molar-refractivity contribution in [3.8, 4) is 17.8 Å². The lowest BCUT2D eigenvalue weighted by atomic mass is 10.2. The number of alkyl halides is 2. The fourth-order valence-electron chi connectivity index (χ4n) is 1.97. The Morgan fingerprint density at radius 1 is 1.26 bits per heavy atom. The number of halogens is 4. The molecule has 0 radical (unpaired) electrons. The smallest absolute Gasteiger partial charge is 0.339 e. The highest BCUT2D eigenvalue weighted by Gasteiger charge is 2.27. The molecular formula is C12H6ClF3N6O. The average molecular weight is 343 g/mol. The van der Waals surface area contributed by atoms with E-state index >= 15 is 0 Å². The number of nitrogens with zero attached hydrogens (tertiary/aromatic N) is 4. The van der Waals surface area contributed by atoms with Crippen LogP contribution < -0.4 is 17.0 Å². The second-order valence-electron chi connectivity index (χ2n) is 4.17. The highest BCUT2D eigenvalue weighted by molar-refractivity contribution is 6.33. The number of imidazole rings is 1. The molecule has 0 unspecified atom stereocenters. The van der Waals surface area contributed by atoms with Crippen molar-refractivity contribution in [2.24, 2.45) is 0 Å². The van der Waals surface area contributed by atoms with Gasteiger partial charge in [-0.1, -0.05) is 11.6 Å². The van der Waals surface area contributed by atoms with Crippen LogP contribution in [0.25, 0.3) is 5.69 Å². The van der Waals surface area contributed by atoms with E-state index in [9.17, 15) is 18.1 Å².